The molecule has 3 amide bonds. The van der Waals surface area contributed by atoms with Gasteiger partial charge in [-0.05, 0) is 18.4 Å². The number of aromatic amines is 1. The molecule has 7 nitrogen and oxygen atoms in total. The lowest BCUT2D eigenvalue weighted by atomic mass is 10.1. The van der Waals surface area contributed by atoms with Crippen LogP contribution in [0.2, 0.25) is 0 Å². The summed E-state index contributed by atoms with van der Waals surface area (Å²) < 4.78 is 0. The highest BCUT2D eigenvalue weighted by atomic mass is 32.2. The molecule has 1 saturated heterocycles. The second kappa shape index (κ2) is 6.75. The Bertz CT molecular complexity index is 539. The van der Waals surface area contributed by atoms with Crippen molar-refractivity contribution in [3.63, 3.8) is 0 Å². The minimum atomic E-state index is -0.312. The van der Waals surface area contributed by atoms with Gasteiger partial charge in [-0.1, -0.05) is 25.6 Å². The number of carbonyl (C=O) groups is 3. The van der Waals surface area contributed by atoms with Crippen molar-refractivity contribution in [1.29, 1.82) is 0 Å². The molecule has 8 heteroatoms. The van der Waals surface area contributed by atoms with Crippen LogP contribution in [0.15, 0.2) is 6.07 Å². The van der Waals surface area contributed by atoms with Crippen molar-refractivity contribution >= 4 is 28.8 Å². The maximum Gasteiger partial charge on any atom is 0.288 e. The Hall–Kier alpha value is -1.83. The standard InChI is InChI=1S/C13H18N4O3S/c1-8(2)5-9-6-10(16-15-9)12(19)14-3-4-17-11(18)7-21-13(17)20/h6,8H,3-5,7H2,1-2H3,(H,14,19)(H,15,16). The van der Waals surface area contributed by atoms with Crippen molar-refractivity contribution in [3.8, 4) is 0 Å². The minimum Gasteiger partial charge on any atom is -0.349 e. The van der Waals surface area contributed by atoms with Crippen molar-refractivity contribution in [1.82, 2.24) is 20.4 Å². The normalized spacial score (nSPS) is 15.1. The van der Waals surface area contributed by atoms with Gasteiger partial charge in [0.2, 0.25) is 5.91 Å². The van der Waals surface area contributed by atoms with Gasteiger partial charge in [0.15, 0.2) is 0 Å². The molecule has 0 bridgehead atoms. The Labute approximate surface area is 126 Å². The van der Waals surface area contributed by atoms with Crippen molar-refractivity contribution in [2.45, 2.75) is 20.3 Å². The molecule has 2 heterocycles. The van der Waals surface area contributed by atoms with E-state index >= 15 is 0 Å². The molecule has 0 unspecified atom stereocenters. The van der Waals surface area contributed by atoms with Crippen LogP contribution >= 0.6 is 11.8 Å². The highest BCUT2D eigenvalue weighted by Crippen LogP contribution is 2.17. The first-order chi connectivity index (χ1) is 9.97. The van der Waals surface area contributed by atoms with Gasteiger partial charge in [0.05, 0.1) is 5.75 Å². The van der Waals surface area contributed by atoms with Crippen molar-refractivity contribution in [3.05, 3.63) is 17.5 Å². The quantitative estimate of drug-likeness (QED) is 0.818. The second-order valence-electron chi connectivity index (χ2n) is 5.23. The number of hydrogen-bond donors (Lipinski definition) is 2. The molecule has 0 atom stereocenters. The maximum absolute atomic E-state index is 11.9. The summed E-state index contributed by atoms with van der Waals surface area (Å²) in [7, 11) is 0. The Balaban J connectivity index is 1.80. The Morgan fingerprint density at radius 2 is 2.29 bits per heavy atom. The van der Waals surface area contributed by atoms with Crippen LogP contribution in [0.25, 0.3) is 0 Å². The van der Waals surface area contributed by atoms with Crippen molar-refractivity contribution < 1.29 is 14.4 Å². The molecule has 0 aromatic carbocycles. The number of aromatic nitrogens is 2. The van der Waals surface area contributed by atoms with Gasteiger partial charge in [-0.2, -0.15) is 5.10 Å². The largest absolute Gasteiger partial charge is 0.349 e. The Morgan fingerprint density at radius 3 is 2.90 bits per heavy atom. The SMILES string of the molecule is CC(C)Cc1cc(C(=O)NCCN2C(=O)CSC2=O)n[nH]1. The fourth-order valence-electron chi connectivity index (χ4n) is 1.99. The fourth-order valence-corrected chi connectivity index (χ4v) is 2.74. The second-order valence-corrected chi connectivity index (χ2v) is 6.16. The van der Waals surface area contributed by atoms with Gasteiger partial charge < -0.3 is 5.32 Å². The highest BCUT2D eigenvalue weighted by molar-refractivity contribution is 8.14. The molecule has 2 rings (SSSR count). The zero-order chi connectivity index (χ0) is 15.4. The summed E-state index contributed by atoms with van der Waals surface area (Å²) in [6, 6.07) is 1.72. The summed E-state index contributed by atoms with van der Waals surface area (Å²) in [4.78, 5) is 35.8. The number of carbonyl (C=O) groups excluding carboxylic acids is 3. The van der Waals surface area contributed by atoms with Crippen molar-refractivity contribution in [2.75, 3.05) is 18.8 Å². The van der Waals surface area contributed by atoms with Crippen LogP contribution in [0, 0.1) is 5.92 Å². The van der Waals surface area contributed by atoms with Crippen LogP contribution in [0.3, 0.4) is 0 Å². The van der Waals surface area contributed by atoms with Gasteiger partial charge in [-0.15, -0.1) is 0 Å². The van der Waals surface area contributed by atoms with E-state index < -0.39 is 0 Å². The summed E-state index contributed by atoms with van der Waals surface area (Å²) >= 11 is 0.985. The van der Waals surface area contributed by atoms with Gasteiger partial charge >= 0.3 is 0 Å². The van der Waals surface area contributed by atoms with Crippen LogP contribution in [0.5, 0.6) is 0 Å². The van der Waals surface area contributed by atoms with E-state index in [4.69, 9.17) is 0 Å². The van der Waals surface area contributed by atoms with E-state index in [1.54, 1.807) is 6.07 Å². The summed E-state index contributed by atoms with van der Waals surface area (Å²) in [5.74, 6) is 0.141. The first kappa shape index (κ1) is 15.6. The van der Waals surface area contributed by atoms with E-state index in [0.717, 1.165) is 28.8 Å². The first-order valence-electron chi connectivity index (χ1n) is 6.77. The van der Waals surface area contributed by atoms with E-state index in [1.807, 2.05) is 0 Å². The third kappa shape index (κ3) is 4.07. The van der Waals surface area contributed by atoms with Crippen molar-refractivity contribution in [2.24, 2.45) is 5.92 Å². The van der Waals surface area contributed by atoms with Gasteiger partial charge in [-0.3, -0.25) is 24.4 Å². The van der Waals surface area contributed by atoms with Gasteiger partial charge in [0.25, 0.3) is 11.1 Å². The zero-order valence-electron chi connectivity index (χ0n) is 12.0. The number of rotatable bonds is 6. The van der Waals surface area contributed by atoms with E-state index in [1.165, 1.54) is 0 Å². The molecule has 1 aliphatic heterocycles. The number of amides is 3. The third-order valence-corrected chi connectivity index (χ3v) is 3.81. The number of H-pyrrole nitrogens is 1. The van der Waals surface area contributed by atoms with Crippen LogP contribution in [0.4, 0.5) is 4.79 Å². The predicted molar refractivity (Wildman–Crippen MR) is 79.0 cm³/mol. The Morgan fingerprint density at radius 1 is 1.52 bits per heavy atom. The first-order valence-corrected chi connectivity index (χ1v) is 7.75. The van der Waals surface area contributed by atoms with Gasteiger partial charge in [0.1, 0.15) is 5.69 Å². The third-order valence-electron chi connectivity index (χ3n) is 2.95. The van der Waals surface area contributed by atoms with E-state index in [-0.39, 0.29) is 35.9 Å². The molecule has 0 aliphatic carbocycles. The zero-order valence-corrected chi connectivity index (χ0v) is 12.8. The van der Waals surface area contributed by atoms with Crippen LogP contribution < -0.4 is 5.32 Å². The fraction of sp³-hybridized carbons (Fsp3) is 0.538. The summed E-state index contributed by atoms with van der Waals surface area (Å²) in [6.45, 7) is 4.59. The Kier molecular flexibility index (Phi) is 5.00. The lowest BCUT2D eigenvalue weighted by molar-refractivity contribution is -0.124. The average Bonchev–Trinajstić information content (AvgIpc) is 2.99. The van der Waals surface area contributed by atoms with E-state index in [2.05, 4.69) is 29.4 Å². The smallest absolute Gasteiger partial charge is 0.288 e. The minimum absolute atomic E-state index is 0.185. The van der Waals surface area contributed by atoms with E-state index in [0.29, 0.717) is 11.6 Å². The van der Waals surface area contributed by atoms with Gasteiger partial charge in [0, 0.05) is 18.8 Å². The molecule has 1 aromatic rings. The molecule has 21 heavy (non-hydrogen) atoms. The van der Waals surface area contributed by atoms with Crippen LogP contribution in [0.1, 0.15) is 30.0 Å². The molecular formula is C13H18N4O3S. The summed E-state index contributed by atoms with van der Waals surface area (Å²) in [6.07, 6.45) is 0.828. The summed E-state index contributed by atoms with van der Waals surface area (Å²) in [5.41, 5.74) is 1.23. The molecule has 0 spiro atoms. The molecule has 1 aromatic heterocycles. The van der Waals surface area contributed by atoms with Crippen LogP contribution in [-0.4, -0.2) is 51.0 Å². The monoisotopic (exact) mass is 310 g/mol. The molecule has 1 aliphatic rings. The lowest BCUT2D eigenvalue weighted by Gasteiger charge is -2.12. The summed E-state index contributed by atoms with van der Waals surface area (Å²) in [5, 5.41) is 9.19. The maximum atomic E-state index is 11.9. The number of hydrogen-bond acceptors (Lipinski definition) is 5. The lowest BCUT2D eigenvalue weighted by Crippen LogP contribution is -2.37. The molecular weight excluding hydrogens is 292 g/mol. The molecule has 0 radical (unpaired) electrons. The molecule has 2 N–H and O–H groups in total. The number of nitrogens with zero attached hydrogens (tertiary/aromatic N) is 2. The average molecular weight is 310 g/mol. The molecule has 1 fully saturated rings. The van der Waals surface area contributed by atoms with Crippen LogP contribution in [-0.2, 0) is 11.2 Å². The highest BCUT2D eigenvalue weighted by Gasteiger charge is 2.29. The number of nitrogens with one attached hydrogen (secondary N) is 2. The number of thioether (sulfide) groups is 1. The number of imide groups is 1. The van der Waals surface area contributed by atoms with E-state index in [9.17, 15) is 14.4 Å². The van der Waals surface area contributed by atoms with Gasteiger partial charge in [-0.25, -0.2) is 0 Å². The molecule has 114 valence electrons. The molecule has 0 saturated carbocycles. The topological polar surface area (TPSA) is 95.2 Å². The predicted octanol–water partition coefficient (Wildman–Crippen LogP) is 1.03.